The first-order valence-corrected chi connectivity index (χ1v) is 7.36. The fraction of sp³-hybridized carbons (Fsp3) is 0.600. The van der Waals surface area contributed by atoms with Crippen molar-refractivity contribution in [1.82, 2.24) is 14.2 Å². The Morgan fingerprint density at radius 1 is 1.36 bits per heavy atom. The van der Waals surface area contributed by atoms with Crippen LogP contribution in [0.1, 0.15) is 12.1 Å². The lowest BCUT2D eigenvalue weighted by Crippen LogP contribution is -2.51. The van der Waals surface area contributed by atoms with Crippen molar-refractivity contribution >= 4 is 15.7 Å². The van der Waals surface area contributed by atoms with E-state index in [9.17, 15) is 31.1 Å². The predicted molar refractivity (Wildman–Crippen MR) is 66.0 cm³/mol. The van der Waals surface area contributed by atoms with Crippen molar-refractivity contribution in [1.29, 1.82) is 0 Å². The fourth-order valence-corrected chi connectivity index (χ4v) is 3.70. The van der Waals surface area contributed by atoms with Crippen molar-refractivity contribution in [2.45, 2.75) is 36.8 Å². The maximum absolute atomic E-state index is 13.1. The molecule has 0 radical (unpaired) electrons. The molecule has 7 nitrogen and oxygen atoms in total. The zero-order valence-corrected chi connectivity index (χ0v) is 12.2. The van der Waals surface area contributed by atoms with Gasteiger partial charge in [0.25, 0.3) is 22.9 Å². The molecule has 0 fully saturated rings. The van der Waals surface area contributed by atoms with Crippen LogP contribution in [0.4, 0.5) is 17.6 Å². The minimum Gasteiger partial charge on any atom is -0.364 e. The molecule has 12 heteroatoms. The van der Waals surface area contributed by atoms with Crippen LogP contribution in [0.2, 0.25) is 0 Å². The molecule has 1 aliphatic heterocycles. The molecular weight excluding hydrogens is 332 g/mol. The van der Waals surface area contributed by atoms with Crippen LogP contribution < -0.4 is 0 Å². The molecule has 1 atom stereocenters. The monoisotopic (exact) mass is 344 g/mol. The lowest BCUT2D eigenvalue weighted by Gasteiger charge is -2.30. The third-order valence-corrected chi connectivity index (χ3v) is 4.88. The Morgan fingerprint density at radius 2 is 1.95 bits per heavy atom. The van der Waals surface area contributed by atoms with Crippen LogP contribution in [0.25, 0.3) is 0 Å². The predicted octanol–water partition coefficient (Wildman–Crippen LogP) is 0.698. The van der Waals surface area contributed by atoms with Crippen molar-refractivity contribution in [3.05, 3.63) is 11.9 Å². The van der Waals surface area contributed by atoms with E-state index in [-0.39, 0.29) is 10.1 Å². The number of nitrogens with zero attached hydrogens (tertiary/aromatic N) is 4. The highest BCUT2D eigenvalue weighted by Crippen LogP contribution is 2.37. The maximum Gasteiger partial charge on any atom is 0.288 e. The van der Waals surface area contributed by atoms with E-state index >= 15 is 0 Å². The van der Waals surface area contributed by atoms with E-state index in [1.807, 2.05) is 0 Å². The second-order valence-corrected chi connectivity index (χ2v) is 6.48. The van der Waals surface area contributed by atoms with E-state index in [0.717, 1.165) is 10.9 Å². The van der Waals surface area contributed by atoms with Gasteiger partial charge in [0.1, 0.15) is 10.6 Å². The van der Waals surface area contributed by atoms with Crippen LogP contribution in [0.5, 0.6) is 0 Å². The number of hydrogen-bond acceptors (Lipinski definition) is 5. The Hall–Kier alpha value is -1.69. The smallest absolute Gasteiger partial charge is 0.288 e. The van der Waals surface area contributed by atoms with E-state index in [1.165, 1.54) is 14.0 Å². The molecule has 2 heterocycles. The van der Waals surface area contributed by atoms with E-state index in [1.54, 1.807) is 0 Å². The molecule has 0 spiro atoms. The standard InChI is InChI=1S/C10H12F4N4O3S/c1-5-7(4-17(2)15-5)22(20,21)18-10(19,9(13)14)3-6(16-18)8(11)12/h4,8-9,19H,3H2,1-2H3/t10-/m1/s1. The summed E-state index contributed by atoms with van der Waals surface area (Å²) in [6.07, 6.45) is -7.16. The molecule has 0 saturated heterocycles. The Bertz CT molecular complexity index is 718. The van der Waals surface area contributed by atoms with Crippen LogP contribution in [-0.4, -0.2) is 52.0 Å². The summed E-state index contributed by atoms with van der Waals surface area (Å²) in [5.74, 6) is 0. The molecule has 0 aromatic carbocycles. The highest BCUT2D eigenvalue weighted by molar-refractivity contribution is 7.89. The van der Waals surface area contributed by atoms with Gasteiger partial charge in [-0.1, -0.05) is 0 Å². The number of aliphatic hydroxyl groups is 1. The molecule has 2 rings (SSSR count). The van der Waals surface area contributed by atoms with Gasteiger partial charge in [0.2, 0.25) is 5.72 Å². The molecule has 0 bridgehead atoms. The van der Waals surface area contributed by atoms with Crippen molar-refractivity contribution in [3.63, 3.8) is 0 Å². The number of rotatable bonds is 4. The molecule has 0 amide bonds. The normalized spacial score (nSPS) is 22.8. The number of alkyl halides is 4. The number of hydrazone groups is 1. The van der Waals surface area contributed by atoms with Crippen LogP contribution >= 0.6 is 0 Å². The summed E-state index contributed by atoms with van der Waals surface area (Å²) in [5.41, 5.74) is -4.53. The van der Waals surface area contributed by atoms with E-state index in [2.05, 4.69) is 10.2 Å². The zero-order valence-electron chi connectivity index (χ0n) is 11.4. The molecule has 0 saturated carbocycles. The van der Waals surface area contributed by atoms with Gasteiger partial charge in [0, 0.05) is 19.7 Å². The second-order valence-electron chi connectivity index (χ2n) is 4.75. The molecule has 1 N–H and O–H groups in total. The Balaban J connectivity index is 2.58. The summed E-state index contributed by atoms with van der Waals surface area (Å²) in [6, 6.07) is 0. The Labute approximate surface area is 122 Å². The first-order chi connectivity index (χ1) is 10.00. The number of aryl methyl sites for hydroxylation is 2. The summed E-state index contributed by atoms with van der Waals surface area (Å²) < 4.78 is 77.0. The number of aromatic nitrogens is 2. The Morgan fingerprint density at radius 3 is 2.36 bits per heavy atom. The van der Waals surface area contributed by atoms with Gasteiger partial charge in [-0.2, -0.15) is 18.6 Å². The lowest BCUT2D eigenvalue weighted by atomic mass is 10.1. The van der Waals surface area contributed by atoms with Crippen molar-refractivity contribution in [3.8, 4) is 0 Å². The van der Waals surface area contributed by atoms with Gasteiger partial charge in [-0.15, -0.1) is 4.41 Å². The molecule has 0 unspecified atom stereocenters. The lowest BCUT2D eigenvalue weighted by molar-refractivity contribution is -0.150. The molecule has 0 aliphatic carbocycles. The fourth-order valence-electron chi connectivity index (χ4n) is 2.04. The highest BCUT2D eigenvalue weighted by atomic mass is 32.2. The van der Waals surface area contributed by atoms with Crippen LogP contribution in [0.15, 0.2) is 16.2 Å². The van der Waals surface area contributed by atoms with E-state index in [0.29, 0.717) is 0 Å². The maximum atomic E-state index is 13.1. The average Bonchev–Trinajstić information content (AvgIpc) is 2.91. The van der Waals surface area contributed by atoms with Gasteiger partial charge in [-0.05, 0) is 6.92 Å². The van der Waals surface area contributed by atoms with Crippen molar-refractivity contribution in [2.24, 2.45) is 12.1 Å². The van der Waals surface area contributed by atoms with Gasteiger partial charge >= 0.3 is 0 Å². The van der Waals surface area contributed by atoms with Crippen molar-refractivity contribution in [2.75, 3.05) is 0 Å². The summed E-state index contributed by atoms with van der Waals surface area (Å²) in [5, 5.41) is 16.6. The van der Waals surface area contributed by atoms with Gasteiger partial charge in [-0.3, -0.25) is 4.68 Å². The van der Waals surface area contributed by atoms with E-state index in [4.69, 9.17) is 0 Å². The number of hydrogen-bond donors (Lipinski definition) is 1. The first-order valence-electron chi connectivity index (χ1n) is 5.92. The van der Waals surface area contributed by atoms with Gasteiger partial charge in [0.05, 0.1) is 5.69 Å². The molecule has 1 aliphatic rings. The number of halogens is 4. The van der Waals surface area contributed by atoms with Crippen molar-refractivity contribution < 1.29 is 31.1 Å². The molecule has 124 valence electrons. The van der Waals surface area contributed by atoms with Gasteiger partial charge in [-0.25, -0.2) is 17.6 Å². The van der Waals surface area contributed by atoms with Crippen LogP contribution in [0, 0.1) is 6.92 Å². The molecular formula is C10H12F4N4O3S. The van der Waals surface area contributed by atoms with Crippen LogP contribution in [-0.2, 0) is 17.1 Å². The van der Waals surface area contributed by atoms with E-state index < -0.39 is 45.6 Å². The summed E-state index contributed by atoms with van der Waals surface area (Å²) >= 11 is 0. The van der Waals surface area contributed by atoms with Gasteiger partial charge in [0.15, 0.2) is 0 Å². The average molecular weight is 344 g/mol. The SMILES string of the molecule is Cc1nn(C)cc1S(=O)(=O)N1N=C(C(F)F)C[C@@]1(O)C(F)F. The third-order valence-electron chi connectivity index (χ3n) is 3.07. The number of sulfonamides is 1. The second kappa shape index (κ2) is 5.19. The minimum atomic E-state index is -4.77. The summed E-state index contributed by atoms with van der Waals surface area (Å²) in [4.78, 5) is -0.506. The minimum absolute atomic E-state index is 0.0418. The molecule has 22 heavy (non-hydrogen) atoms. The zero-order chi connectivity index (χ0) is 16.9. The molecule has 1 aromatic rings. The third kappa shape index (κ3) is 2.45. The van der Waals surface area contributed by atoms with Gasteiger partial charge < -0.3 is 5.11 Å². The first kappa shape index (κ1) is 16.7. The molecule has 1 aromatic heterocycles. The topological polar surface area (TPSA) is 87.8 Å². The Kier molecular flexibility index (Phi) is 3.94. The summed E-state index contributed by atoms with van der Waals surface area (Å²) in [6.45, 7) is 1.29. The largest absolute Gasteiger partial charge is 0.364 e. The summed E-state index contributed by atoms with van der Waals surface area (Å²) in [7, 11) is -3.38. The van der Waals surface area contributed by atoms with Crippen LogP contribution in [0.3, 0.4) is 0 Å². The quantitative estimate of drug-likeness (QED) is 0.815. The highest BCUT2D eigenvalue weighted by Gasteiger charge is 2.56.